The lowest BCUT2D eigenvalue weighted by molar-refractivity contribution is 0.0697. The van der Waals surface area contributed by atoms with Crippen molar-refractivity contribution in [3.05, 3.63) is 47.8 Å². The second-order valence-corrected chi connectivity index (χ2v) is 6.46. The van der Waals surface area contributed by atoms with E-state index < -0.39 is 5.97 Å². The van der Waals surface area contributed by atoms with E-state index in [9.17, 15) is 9.90 Å². The molecule has 0 radical (unpaired) electrons. The summed E-state index contributed by atoms with van der Waals surface area (Å²) < 4.78 is 1.70. The highest BCUT2D eigenvalue weighted by Gasteiger charge is 2.20. The van der Waals surface area contributed by atoms with Crippen molar-refractivity contribution in [2.24, 2.45) is 0 Å². The van der Waals surface area contributed by atoms with Crippen LogP contribution in [-0.4, -0.2) is 31.7 Å². The van der Waals surface area contributed by atoms with Gasteiger partial charge in [0.05, 0.1) is 34.4 Å². The highest BCUT2D eigenvalue weighted by molar-refractivity contribution is 5.94. The number of nitrogens with one attached hydrogen (secondary N) is 1. The molecule has 3 heterocycles. The number of rotatable bonds is 4. The predicted octanol–water partition coefficient (Wildman–Crippen LogP) is 3.32. The lowest BCUT2D eigenvalue weighted by Crippen LogP contribution is -2.17. The Morgan fingerprint density at radius 1 is 1.27 bits per heavy atom. The van der Waals surface area contributed by atoms with Crippen molar-refractivity contribution in [1.29, 1.82) is 5.26 Å². The number of aromatic nitrogens is 3. The van der Waals surface area contributed by atoms with Crippen molar-refractivity contribution < 1.29 is 9.90 Å². The van der Waals surface area contributed by atoms with Crippen molar-refractivity contribution in [2.45, 2.75) is 31.7 Å². The van der Waals surface area contributed by atoms with Crippen LogP contribution in [0.15, 0.2) is 36.7 Å². The average Bonchev–Trinajstić information content (AvgIpc) is 3.30. The summed E-state index contributed by atoms with van der Waals surface area (Å²) in [5.74, 6) is -0.999. The Labute approximate surface area is 149 Å². The van der Waals surface area contributed by atoms with Crippen LogP contribution in [0.4, 0.5) is 5.69 Å². The molecule has 3 aromatic rings. The summed E-state index contributed by atoms with van der Waals surface area (Å²) in [5, 5.41) is 26.1. The number of nitrogens with zero attached hydrogens (tertiary/aromatic N) is 4. The zero-order valence-electron chi connectivity index (χ0n) is 14.0. The van der Waals surface area contributed by atoms with E-state index >= 15 is 0 Å². The zero-order valence-corrected chi connectivity index (χ0v) is 14.0. The molecule has 1 saturated carbocycles. The molecule has 0 spiro atoms. The molecule has 0 aliphatic heterocycles. The van der Waals surface area contributed by atoms with Gasteiger partial charge in [0.1, 0.15) is 11.6 Å². The molecule has 2 N–H and O–H groups in total. The third kappa shape index (κ3) is 2.86. The van der Waals surface area contributed by atoms with Crippen molar-refractivity contribution in [1.82, 2.24) is 14.6 Å². The highest BCUT2D eigenvalue weighted by Crippen LogP contribution is 2.28. The lowest BCUT2D eigenvalue weighted by Gasteiger charge is -2.16. The summed E-state index contributed by atoms with van der Waals surface area (Å²) in [6.07, 6.45) is 7.29. The fourth-order valence-corrected chi connectivity index (χ4v) is 3.43. The summed E-state index contributed by atoms with van der Waals surface area (Å²) in [7, 11) is 0. The van der Waals surface area contributed by atoms with Crippen molar-refractivity contribution in [3.63, 3.8) is 0 Å². The fourth-order valence-electron chi connectivity index (χ4n) is 3.43. The van der Waals surface area contributed by atoms with Crippen LogP contribution < -0.4 is 5.32 Å². The van der Waals surface area contributed by atoms with Crippen molar-refractivity contribution in [3.8, 4) is 17.5 Å². The Bertz CT molecular complexity index is 1030. The molecule has 3 aromatic heterocycles. The summed E-state index contributed by atoms with van der Waals surface area (Å²) in [4.78, 5) is 15.9. The zero-order chi connectivity index (χ0) is 18.1. The molecule has 0 aromatic carbocycles. The van der Waals surface area contributed by atoms with E-state index in [4.69, 9.17) is 5.26 Å². The minimum absolute atomic E-state index is 0.168. The van der Waals surface area contributed by atoms with Crippen LogP contribution in [0.25, 0.3) is 16.9 Å². The molecule has 1 aliphatic rings. The number of hydrogen-bond donors (Lipinski definition) is 2. The number of aromatic carboxylic acids is 1. The second kappa shape index (κ2) is 6.48. The monoisotopic (exact) mass is 347 g/mol. The molecular formula is C19H17N5O2. The van der Waals surface area contributed by atoms with Crippen molar-refractivity contribution in [2.75, 3.05) is 5.32 Å². The largest absolute Gasteiger partial charge is 0.478 e. The van der Waals surface area contributed by atoms with Gasteiger partial charge in [0.2, 0.25) is 0 Å². The summed E-state index contributed by atoms with van der Waals surface area (Å²) in [6.45, 7) is 0. The van der Waals surface area contributed by atoms with Crippen LogP contribution in [0, 0.1) is 11.3 Å². The standard InChI is InChI=1S/C19H17N5O2/c20-9-12-7-14-5-6-18(24(14)22-10-12)17-8-16(15(11-21-17)19(25)26)23-13-3-1-2-4-13/h5-8,10-11,13H,1-4H2,(H,21,23)(H,25,26). The normalized spacial score (nSPS) is 14.4. The first-order valence-corrected chi connectivity index (χ1v) is 8.54. The molecule has 7 heteroatoms. The second-order valence-electron chi connectivity index (χ2n) is 6.46. The van der Waals surface area contributed by atoms with Gasteiger partial charge in [0, 0.05) is 12.2 Å². The van der Waals surface area contributed by atoms with E-state index in [0.717, 1.165) is 36.9 Å². The number of pyridine rings is 1. The minimum atomic E-state index is -0.999. The first kappa shape index (κ1) is 16.1. The van der Waals surface area contributed by atoms with Crippen LogP contribution >= 0.6 is 0 Å². The number of nitriles is 1. The first-order chi connectivity index (χ1) is 12.7. The van der Waals surface area contributed by atoms with Gasteiger partial charge in [-0.15, -0.1) is 0 Å². The Morgan fingerprint density at radius 3 is 2.81 bits per heavy atom. The molecular weight excluding hydrogens is 330 g/mol. The number of anilines is 1. The molecule has 0 bridgehead atoms. The van der Waals surface area contributed by atoms with Crippen molar-refractivity contribution >= 4 is 17.2 Å². The van der Waals surface area contributed by atoms with E-state index in [0.29, 0.717) is 23.0 Å². The number of carboxylic acid groups (broad SMARTS) is 1. The van der Waals surface area contributed by atoms with Crippen LogP contribution in [-0.2, 0) is 0 Å². The van der Waals surface area contributed by atoms with E-state index in [1.54, 1.807) is 16.6 Å². The van der Waals surface area contributed by atoms with E-state index in [1.165, 1.54) is 12.4 Å². The molecule has 26 heavy (non-hydrogen) atoms. The third-order valence-electron chi connectivity index (χ3n) is 4.74. The predicted molar refractivity (Wildman–Crippen MR) is 96.0 cm³/mol. The Hall–Kier alpha value is -3.40. The van der Waals surface area contributed by atoms with E-state index in [-0.39, 0.29) is 5.56 Å². The molecule has 130 valence electrons. The van der Waals surface area contributed by atoms with Gasteiger partial charge in [-0.3, -0.25) is 4.98 Å². The molecule has 0 unspecified atom stereocenters. The average molecular weight is 347 g/mol. The Morgan fingerprint density at radius 2 is 2.08 bits per heavy atom. The number of hydrogen-bond acceptors (Lipinski definition) is 5. The quantitative estimate of drug-likeness (QED) is 0.750. The highest BCUT2D eigenvalue weighted by atomic mass is 16.4. The summed E-state index contributed by atoms with van der Waals surface area (Å²) >= 11 is 0. The van der Waals surface area contributed by atoms with Crippen LogP contribution in [0.2, 0.25) is 0 Å². The topological polar surface area (TPSA) is 103 Å². The summed E-state index contributed by atoms with van der Waals surface area (Å²) in [6, 6.07) is 9.61. The maximum atomic E-state index is 11.5. The molecule has 7 nitrogen and oxygen atoms in total. The third-order valence-corrected chi connectivity index (χ3v) is 4.74. The molecule has 1 fully saturated rings. The molecule has 1 aliphatic carbocycles. The van der Waals surface area contributed by atoms with Gasteiger partial charge >= 0.3 is 5.97 Å². The molecule has 0 amide bonds. The van der Waals surface area contributed by atoms with Crippen LogP contribution in [0.1, 0.15) is 41.6 Å². The van der Waals surface area contributed by atoms with E-state index in [2.05, 4.69) is 21.5 Å². The minimum Gasteiger partial charge on any atom is -0.478 e. The van der Waals surface area contributed by atoms with Crippen LogP contribution in [0.3, 0.4) is 0 Å². The van der Waals surface area contributed by atoms with Gasteiger partial charge < -0.3 is 10.4 Å². The molecule has 0 saturated heterocycles. The number of carbonyl (C=O) groups is 1. The van der Waals surface area contributed by atoms with Gasteiger partial charge in [0.15, 0.2) is 0 Å². The van der Waals surface area contributed by atoms with E-state index in [1.807, 2.05) is 12.1 Å². The van der Waals surface area contributed by atoms with Gasteiger partial charge in [0.25, 0.3) is 0 Å². The SMILES string of the molecule is N#Cc1cnn2c(-c3cc(NC4CCCC4)c(C(=O)O)cn3)ccc2c1. The smallest absolute Gasteiger partial charge is 0.339 e. The maximum absolute atomic E-state index is 11.5. The Kier molecular flexibility index (Phi) is 4.01. The fraction of sp³-hybridized carbons (Fsp3) is 0.263. The maximum Gasteiger partial charge on any atom is 0.339 e. The van der Waals surface area contributed by atoms with Gasteiger partial charge in [-0.05, 0) is 37.1 Å². The Balaban J connectivity index is 1.77. The number of carboxylic acids is 1. The molecule has 0 atom stereocenters. The lowest BCUT2D eigenvalue weighted by atomic mass is 10.1. The van der Waals surface area contributed by atoms with Gasteiger partial charge in [-0.2, -0.15) is 10.4 Å². The van der Waals surface area contributed by atoms with Crippen LogP contribution in [0.5, 0.6) is 0 Å². The summed E-state index contributed by atoms with van der Waals surface area (Å²) in [5.41, 5.74) is 3.40. The number of fused-ring (bicyclic) bond motifs is 1. The van der Waals surface area contributed by atoms with Gasteiger partial charge in [-0.25, -0.2) is 9.31 Å². The first-order valence-electron chi connectivity index (χ1n) is 8.54. The molecule has 4 rings (SSSR count). The van der Waals surface area contributed by atoms with Gasteiger partial charge in [-0.1, -0.05) is 12.8 Å².